The molecular formula is C16H22N2O. The van der Waals surface area contributed by atoms with Crippen molar-refractivity contribution in [2.45, 2.75) is 25.8 Å². The van der Waals surface area contributed by atoms with E-state index in [9.17, 15) is 0 Å². The monoisotopic (exact) mass is 258 g/mol. The van der Waals surface area contributed by atoms with Gasteiger partial charge in [0.1, 0.15) is 5.75 Å². The quantitative estimate of drug-likeness (QED) is 0.822. The Kier molecular flexibility index (Phi) is 5.11. The highest BCUT2D eigenvalue weighted by Crippen LogP contribution is 2.21. The lowest BCUT2D eigenvalue weighted by molar-refractivity contribution is 0.243. The van der Waals surface area contributed by atoms with Gasteiger partial charge < -0.3 is 10.1 Å². The number of nitrogens with one attached hydrogen (secondary N) is 1. The summed E-state index contributed by atoms with van der Waals surface area (Å²) in [6, 6.07) is 8.71. The SMILES string of the molecule is C#CCN1CCC(Nc2cccc(OCC)c2)CC1. The maximum Gasteiger partial charge on any atom is 0.121 e. The van der Waals surface area contributed by atoms with Gasteiger partial charge in [-0.25, -0.2) is 0 Å². The van der Waals surface area contributed by atoms with E-state index in [0.29, 0.717) is 12.6 Å². The molecule has 0 amide bonds. The second-order valence-electron chi connectivity index (χ2n) is 4.86. The zero-order valence-corrected chi connectivity index (χ0v) is 11.6. The van der Waals surface area contributed by atoms with E-state index < -0.39 is 0 Å². The molecule has 0 atom stereocenters. The molecule has 1 aliphatic rings. The van der Waals surface area contributed by atoms with Crippen LogP contribution in [0.1, 0.15) is 19.8 Å². The van der Waals surface area contributed by atoms with Crippen molar-refractivity contribution in [3.63, 3.8) is 0 Å². The third-order valence-electron chi connectivity index (χ3n) is 3.42. The van der Waals surface area contributed by atoms with Crippen LogP contribution < -0.4 is 10.1 Å². The molecule has 3 nitrogen and oxygen atoms in total. The molecule has 1 fully saturated rings. The van der Waals surface area contributed by atoms with Gasteiger partial charge >= 0.3 is 0 Å². The van der Waals surface area contributed by atoms with Gasteiger partial charge in [-0.15, -0.1) is 6.42 Å². The Morgan fingerprint density at radius 2 is 2.21 bits per heavy atom. The van der Waals surface area contributed by atoms with Gasteiger partial charge in [-0.2, -0.15) is 0 Å². The van der Waals surface area contributed by atoms with E-state index in [1.807, 2.05) is 19.1 Å². The summed E-state index contributed by atoms with van der Waals surface area (Å²) >= 11 is 0. The number of hydrogen-bond donors (Lipinski definition) is 1. The van der Waals surface area contributed by atoms with Crippen LogP contribution in [0.15, 0.2) is 24.3 Å². The van der Waals surface area contributed by atoms with Gasteiger partial charge in [-0.3, -0.25) is 4.90 Å². The maximum atomic E-state index is 5.51. The van der Waals surface area contributed by atoms with Gasteiger partial charge in [0, 0.05) is 30.9 Å². The second kappa shape index (κ2) is 7.06. The van der Waals surface area contributed by atoms with E-state index in [4.69, 9.17) is 11.2 Å². The first kappa shape index (κ1) is 13.8. The van der Waals surface area contributed by atoms with Crippen LogP contribution in [-0.4, -0.2) is 37.2 Å². The van der Waals surface area contributed by atoms with Gasteiger partial charge in [0.25, 0.3) is 0 Å². The smallest absolute Gasteiger partial charge is 0.121 e. The summed E-state index contributed by atoms with van der Waals surface area (Å²) in [6.07, 6.45) is 7.62. The molecule has 1 heterocycles. The number of ether oxygens (including phenoxy) is 1. The summed E-state index contributed by atoms with van der Waals surface area (Å²) < 4.78 is 5.51. The standard InChI is InChI=1S/C16H22N2O/c1-3-10-18-11-8-14(9-12-18)17-15-6-5-7-16(13-15)19-4-2/h1,5-7,13-14,17H,4,8-12H2,2H3. The van der Waals surface area contributed by atoms with E-state index in [0.717, 1.165) is 43.9 Å². The minimum Gasteiger partial charge on any atom is -0.494 e. The lowest BCUT2D eigenvalue weighted by Crippen LogP contribution is -2.39. The summed E-state index contributed by atoms with van der Waals surface area (Å²) in [5, 5.41) is 3.58. The van der Waals surface area contributed by atoms with E-state index >= 15 is 0 Å². The first-order valence-electron chi connectivity index (χ1n) is 6.97. The van der Waals surface area contributed by atoms with E-state index in [1.165, 1.54) is 0 Å². The Balaban J connectivity index is 1.85. The minimum atomic E-state index is 0.533. The van der Waals surface area contributed by atoms with Crippen molar-refractivity contribution in [1.29, 1.82) is 0 Å². The summed E-state index contributed by atoms with van der Waals surface area (Å²) in [5.74, 6) is 3.64. The number of likely N-dealkylation sites (tertiary alicyclic amines) is 1. The van der Waals surface area contributed by atoms with Crippen molar-refractivity contribution < 1.29 is 4.74 Å². The number of piperidine rings is 1. The highest BCUT2D eigenvalue weighted by Gasteiger charge is 2.18. The van der Waals surface area contributed by atoms with E-state index in [2.05, 4.69) is 28.3 Å². The summed E-state index contributed by atoms with van der Waals surface area (Å²) in [7, 11) is 0. The van der Waals surface area contributed by atoms with E-state index in [1.54, 1.807) is 0 Å². The minimum absolute atomic E-state index is 0.533. The second-order valence-corrected chi connectivity index (χ2v) is 4.86. The first-order valence-corrected chi connectivity index (χ1v) is 6.97. The fourth-order valence-electron chi connectivity index (χ4n) is 2.44. The Morgan fingerprint density at radius 3 is 2.89 bits per heavy atom. The number of rotatable bonds is 5. The summed E-state index contributed by atoms with van der Waals surface area (Å²) in [6.45, 7) is 5.63. The molecule has 0 aliphatic carbocycles. The van der Waals surface area contributed by atoms with Crippen molar-refractivity contribution in [1.82, 2.24) is 4.90 Å². The zero-order chi connectivity index (χ0) is 13.5. The zero-order valence-electron chi connectivity index (χ0n) is 11.6. The average Bonchev–Trinajstić information content (AvgIpc) is 2.42. The Hall–Kier alpha value is -1.66. The van der Waals surface area contributed by atoms with Crippen molar-refractivity contribution in [2.75, 3.05) is 31.6 Å². The largest absolute Gasteiger partial charge is 0.494 e. The van der Waals surface area contributed by atoms with E-state index in [-0.39, 0.29) is 0 Å². The molecule has 0 bridgehead atoms. The molecule has 19 heavy (non-hydrogen) atoms. The lowest BCUT2D eigenvalue weighted by atomic mass is 10.0. The highest BCUT2D eigenvalue weighted by atomic mass is 16.5. The van der Waals surface area contributed by atoms with Crippen molar-refractivity contribution in [3.8, 4) is 18.1 Å². The maximum absolute atomic E-state index is 5.51. The van der Waals surface area contributed by atoms with Crippen molar-refractivity contribution >= 4 is 5.69 Å². The molecular weight excluding hydrogens is 236 g/mol. The summed E-state index contributed by atoms with van der Waals surface area (Å²) in [5.41, 5.74) is 1.14. The van der Waals surface area contributed by atoms with Gasteiger partial charge in [0.15, 0.2) is 0 Å². The van der Waals surface area contributed by atoms with Gasteiger partial charge in [-0.1, -0.05) is 12.0 Å². The van der Waals surface area contributed by atoms with Crippen LogP contribution in [0.3, 0.4) is 0 Å². The Morgan fingerprint density at radius 1 is 1.42 bits per heavy atom. The van der Waals surface area contributed by atoms with Gasteiger partial charge in [0.05, 0.1) is 13.2 Å². The lowest BCUT2D eigenvalue weighted by Gasteiger charge is -2.31. The third kappa shape index (κ3) is 4.18. The van der Waals surface area contributed by atoms with Crippen LogP contribution in [0, 0.1) is 12.3 Å². The molecule has 0 radical (unpaired) electrons. The van der Waals surface area contributed by atoms with Crippen LogP contribution in [0.2, 0.25) is 0 Å². The molecule has 2 rings (SSSR count). The fraction of sp³-hybridized carbons (Fsp3) is 0.500. The number of hydrogen-bond acceptors (Lipinski definition) is 3. The molecule has 1 aliphatic heterocycles. The average molecular weight is 258 g/mol. The normalized spacial score (nSPS) is 16.8. The number of terminal acetylenes is 1. The molecule has 0 saturated carbocycles. The van der Waals surface area contributed by atoms with Crippen LogP contribution >= 0.6 is 0 Å². The Bertz CT molecular complexity index is 431. The van der Waals surface area contributed by atoms with Gasteiger partial charge in [-0.05, 0) is 31.9 Å². The Labute approximate surface area is 115 Å². The molecule has 1 N–H and O–H groups in total. The topological polar surface area (TPSA) is 24.5 Å². The molecule has 0 aromatic heterocycles. The fourth-order valence-corrected chi connectivity index (χ4v) is 2.44. The molecule has 0 unspecified atom stereocenters. The number of benzene rings is 1. The predicted molar refractivity (Wildman–Crippen MR) is 79.5 cm³/mol. The van der Waals surface area contributed by atoms with Crippen molar-refractivity contribution in [2.24, 2.45) is 0 Å². The van der Waals surface area contributed by atoms with Gasteiger partial charge in [0.2, 0.25) is 0 Å². The molecule has 1 aromatic carbocycles. The molecule has 1 aromatic rings. The van der Waals surface area contributed by atoms with Crippen LogP contribution in [-0.2, 0) is 0 Å². The molecule has 0 spiro atoms. The first-order chi connectivity index (χ1) is 9.31. The predicted octanol–water partition coefficient (Wildman–Crippen LogP) is 2.59. The number of nitrogens with zero attached hydrogens (tertiary/aromatic N) is 1. The highest BCUT2D eigenvalue weighted by molar-refractivity contribution is 5.48. The van der Waals surface area contributed by atoms with Crippen LogP contribution in [0.25, 0.3) is 0 Å². The number of anilines is 1. The molecule has 3 heteroatoms. The van der Waals surface area contributed by atoms with Crippen LogP contribution in [0.5, 0.6) is 5.75 Å². The van der Waals surface area contributed by atoms with Crippen LogP contribution in [0.4, 0.5) is 5.69 Å². The van der Waals surface area contributed by atoms with Crippen molar-refractivity contribution in [3.05, 3.63) is 24.3 Å². The molecule has 102 valence electrons. The summed E-state index contributed by atoms with van der Waals surface area (Å²) in [4.78, 5) is 2.33. The third-order valence-corrected chi connectivity index (χ3v) is 3.42. The molecule has 1 saturated heterocycles.